The van der Waals surface area contributed by atoms with E-state index in [1.165, 1.54) is 12.6 Å². The number of carbonyl (C=O) groups is 2. The number of amides is 1. The number of halogens is 3. The second kappa shape index (κ2) is 11.0. The lowest BCUT2D eigenvalue weighted by molar-refractivity contribution is -0.211. The van der Waals surface area contributed by atoms with Crippen molar-refractivity contribution < 1.29 is 32.2 Å². The molecule has 0 bridgehead atoms. The number of ether oxygens (including phenoxy) is 2. The van der Waals surface area contributed by atoms with Crippen LogP contribution in [-0.2, 0) is 32.7 Å². The number of hydrogen-bond donors (Lipinski definition) is 1. The van der Waals surface area contributed by atoms with Crippen LogP contribution >= 0.6 is 0 Å². The number of morpholine rings is 1. The number of aryl methyl sites for hydroxylation is 2. The maximum absolute atomic E-state index is 14.1. The maximum atomic E-state index is 14.1. The van der Waals surface area contributed by atoms with Gasteiger partial charge in [0, 0.05) is 52.0 Å². The maximum Gasteiger partial charge on any atom is 0.491 e. The SMILES string of the molecule is CC(C)CCn1c(N2CCC3=C2CNC3)nc2c1c(=O)n(C(OC(=O)C(F)(F)F)C(=O)N1CCOCC1)c(=O)n2C. The van der Waals surface area contributed by atoms with Crippen LogP contribution in [0.3, 0.4) is 0 Å². The summed E-state index contributed by atoms with van der Waals surface area (Å²) in [5, 5.41) is 3.29. The van der Waals surface area contributed by atoms with Crippen molar-refractivity contribution in [1.29, 1.82) is 0 Å². The molecule has 2 aromatic rings. The van der Waals surface area contributed by atoms with Gasteiger partial charge < -0.3 is 29.2 Å². The average molecular weight is 584 g/mol. The van der Waals surface area contributed by atoms with E-state index in [4.69, 9.17) is 4.74 Å². The van der Waals surface area contributed by atoms with Gasteiger partial charge in [-0.25, -0.2) is 14.2 Å². The van der Waals surface area contributed by atoms with Crippen LogP contribution in [0.2, 0.25) is 0 Å². The highest BCUT2D eigenvalue weighted by Gasteiger charge is 2.46. The lowest BCUT2D eigenvalue weighted by atomic mass is 10.1. The molecule has 0 spiro atoms. The van der Waals surface area contributed by atoms with E-state index in [1.807, 2.05) is 18.7 Å². The molecule has 5 heterocycles. The average Bonchev–Trinajstić information content (AvgIpc) is 3.64. The second-order valence-corrected chi connectivity index (χ2v) is 10.7. The summed E-state index contributed by atoms with van der Waals surface area (Å²) in [6.07, 6.45) is -6.53. The molecule has 1 amide bonds. The number of nitrogens with one attached hydrogen (secondary N) is 1. The minimum Gasteiger partial charge on any atom is -0.424 e. The molecule has 3 aliphatic heterocycles. The molecule has 16 heteroatoms. The van der Waals surface area contributed by atoms with Crippen molar-refractivity contribution in [3.8, 4) is 0 Å². The van der Waals surface area contributed by atoms with Gasteiger partial charge in [0.15, 0.2) is 11.2 Å². The minimum absolute atomic E-state index is 0.00901. The molecule has 224 valence electrons. The van der Waals surface area contributed by atoms with Crippen molar-refractivity contribution in [2.75, 3.05) is 50.8 Å². The first-order valence-electron chi connectivity index (χ1n) is 13.5. The van der Waals surface area contributed by atoms with Crippen LogP contribution in [0, 0.1) is 5.92 Å². The number of aromatic nitrogens is 4. The Morgan fingerprint density at radius 2 is 1.83 bits per heavy atom. The summed E-state index contributed by atoms with van der Waals surface area (Å²) in [6.45, 7) is 6.40. The summed E-state index contributed by atoms with van der Waals surface area (Å²) in [4.78, 5) is 60.7. The quantitative estimate of drug-likeness (QED) is 0.462. The minimum atomic E-state index is -5.47. The molecule has 1 saturated heterocycles. The van der Waals surface area contributed by atoms with E-state index < -0.39 is 35.5 Å². The smallest absolute Gasteiger partial charge is 0.424 e. The molecule has 1 N–H and O–H groups in total. The van der Waals surface area contributed by atoms with Gasteiger partial charge in [-0.3, -0.25) is 14.2 Å². The zero-order valence-corrected chi connectivity index (χ0v) is 23.0. The normalized spacial score (nSPS) is 18.5. The Labute approximate surface area is 232 Å². The third-order valence-corrected chi connectivity index (χ3v) is 7.55. The fraction of sp³-hybridized carbons (Fsp3) is 0.640. The molecule has 0 aromatic carbocycles. The highest BCUT2D eigenvalue weighted by Crippen LogP contribution is 2.32. The third-order valence-electron chi connectivity index (χ3n) is 7.55. The number of alkyl halides is 3. The molecule has 41 heavy (non-hydrogen) atoms. The zero-order chi connectivity index (χ0) is 29.6. The summed E-state index contributed by atoms with van der Waals surface area (Å²) in [5.74, 6) is -3.19. The number of nitrogens with zero attached hydrogens (tertiary/aromatic N) is 6. The summed E-state index contributed by atoms with van der Waals surface area (Å²) in [6, 6.07) is 0. The van der Waals surface area contributed by atoms with Gasteiger partial charge in [-0.05, 0) is 24.3 Å². The van der Waals surface area contributed by atoms with Gasteiger partial charge in [0.25, 0.3) is 17.7 Å². The Bertz CT molecular complexity index is 1520. The lowest BCUT2D eigenvalue weighted by Gasteiger charge is -2.30. The van der Waals surface area contributed by atoms with Gasteiger partial charge >= 0.3 is 17.8 Å². The van der Waals surface area contributed by atoms with Gasteiger partial charge in [0.05, 0.1) is 13.2 Å². The van der Waals surface area contributed by atoms with Crippen molar-refractivity contribution in [1.82, 2.24) is 28.9 Å². The molecule has 13 nitrogen and oxygen atoms in total. The molecule has 1 fully saturated rings. The van der Waals surface area contributed by atoms with E-state index >= 15 is 0 Å². The third kappa shape index (κ3) is 5.25. The van der Waals surface area contributed by atoms with Crippen LogP contribution in [0.25, 0.3) is 11.2 Å². The van der Waals surface area contributed by atoms with Gasteiger partial charge in [-0.2, -0.15) is 18.2 Å². The van der Waals surface area contributed by atoms with E-state index in [2.05, 4.69) is 15.0 Å². The van der Waals surface area contributed by atoms with Crippen LogP contribution in [0.15, 0.2) is 20.9 Å². The van der Waals surface area contributed by atoms with Crippen LogP contribution in [-0.4, -0.2) is 87.6 Å². The number of carbonyl (C=O) groups excluding carboxylic acids is 2. The highest BCUT2D eigenvalue weighted by atomic mass is 19.4. The Morgan fingerprint density at radius 1 is 1.12 bits per heavy atom. The molecule has 5 rings (SSSR count). The number of imidazole rings is 1. The van der Waals surface area contributed by atoms with Crippen LogP contribution in [0.5, 0.6) is 0 Å². The van der Waals surface area contributed by atoms with E-state index in [-0.39, 0.29) is 48.0 Å². The zero-order valence-electron chi connectivity index (χ0n) is 23.0. The lowest BCUT2D eigenvalue weighted by Crippen LogP contribution is -2.52. The monoisotopic (exact) mass is 583 g/mol. The van der Waals surface area contributed by atoms with Gasteiger partial charge in [-0.1, -0.05) is 13.8 Å². The van der Waals surface area contributed by atoms with E-state index in [1.54, 1.807) is 4.57 Å². The Balaban J connectivity index is 1.71. The Kier molecular flexibility index (Phi) is 7.72. The van der Waals surface area contributed by atoms with Crippen LogP contribution in [0.4, 0.5) is 19.1 Å². The van der Waals surface area contributed by atoms with Crippen molar-refractivity contribution >= 4 is 29.0 Å². The van der Waals surface area contributed by atoms with Crippen molar-refractivity contribution in [2.45, 2.75) is 45.6 Å². The van der Waals surface area contributed by atoms with Crippen molar-refractivity contribution in [2.24, 2.45) is 13.0 Å². The fourth-order valence-electron chi connectivity index (χ4n) is 5.34. The van der Waals surface area contributed by atoms with Gasteiger partial charge in [-0.15, -0.1) is 0 Å². The molecule has 1 atom stereocenters. The van der Waals surface area contributed by atoms with Crippen LogP contribution < -0.4 is 21.5 Å². The predicted molar refractivity (Wildman–Crippen MR) is 139 cm³/mol. The van der Waals surface area contributed by atoms with Crippen LogP contribution in [0.1, 0.15) is 32.9 Å². The molecule has 0 radical (unpaired) electrons. The first kappa shape index (κ1) is 28.9. The van der Waals surface area contributed by atoms with E-state index in [9.17, 15) is 32.3 Å². The van der Waals surface area contributed by atoms with Gasteiger partial charge in [0.1, 0.15) is 0 Å². The molecule has 2 aromatic heterocycles. The fourth-order valence-corrected chi connectivity index (χ4v) is 5.34. The standard InChI is InChI=1S/C25H32F3N7O6/c1-14(2)4-6-34-17-18(30-23(34)33-7-5-15-12-29-13-16(15)33)31(3)24(39)35(19(17)36)21(41-22(38)25(26,27)28)20(37)32-8-10-40-11-9-32/h14,21,29H,4-13H2,1-3H3. The Hall–Kier alpha value is -3.66. The molecule has 0 saturated carbocycles. The number of rotatable bonds is 7. The summed E-state index contributed by atoms with van der Waals surface area (Å²) < 4.78 is 52.5. The van der Waals surface area contributed by atoms with Gasteiger partial charge in [0.2, 0.25) is 5.95 Å². The van der Waals surface area contributed by atoms with Crippen molar-refractivity contribution in [3.05, 3.63) is 32.1 Å². The summed E-state index contributed by atoms with van der Waals surface area (Å²) >= 11 is 0. The molecule has 1 unspecified atom stereocenters. The molecule has 0 aliphatic carbocycles. The van der Waals surface area contributed by atoms with E-state index in [0.29, 0.717) is 32.0 Å². The number of esters is 1. The Morgan fingerprint density at radius 3 is 2.49 bits per heavy atom. The van der Waals surface area contributed by atoms with Crippen molar-refractivity contribution in [3.63, 3.8) is 0 Å². The number of hydrogen-bond acceptors (Lipinski definition) is 9. The summed E-state index contributed by atoms with van der Waals surface area (Å²) in [7, 11) is 1.30. The molecule has 3 aliphatic rings. The first-order valence-corrected chi connectivity index (χ1v) is 13.5. The topological polar surface area (TPSA) is 133 Å². The second-order valence-electron chi connectivity index (χ2n) is 10.7. The van der Waals surface area contributed by atoms with E-state index in [0.717, 1.165) is 28.1 Å². The summed E-state index contributed by atoms with van der Waals surface area (Å²) in [5.41, 5.74) is -0.0524. The highest BCUT2D eigenvalue weighted by molar-refractivity contribution is 5.84. The first-order chi connectivity index (χ1) is 19.4. The molecular formula is C25H32F3N7O6. The predicted octanol–water partition coefficient (Wildman–Crippen LogP) is 0.473. The number of anilines is 1. The largest absolute Gasteiger partial charge is 0.491 e. The molecular weight excluding hydrogens is 551 g/mol. The number of fused-ring (bicyclic) bond motifs is 1.